The molecule has 0 unspecified atom stereocenters. The molecule has 0 N–H and O–H groups in total. The molecule has 4 aromatic rings. The highest BCUT2D eigenvalue weighted by Gasteiger charge is 2.44. The highest BCUT2D eigenvalue weighted by atomic mass is 79.9. The Morgan fingerprint density at radius 1 is 0.880 bits per heavy atom. The van der Waals surface area contributed by atoms with E-state index in [1.807, 2.05) is 48.5 Å². The first kappa shape index (κ1) is 16.2. The van der Waals surface area contributed by atoms with E-state index in [9.17, 15) is 0 Å². The van der Waals surface area contributed by atoms with E-state index >= 15 is 0 Å². The lowest BCUT2D eigenvalue weighted by Crippen LogP contribution is -2.38. The maximum Gasteiger partial charge on any atom is 0.252 e. The Balaban J connectivity index is 2.08. The van der Waals surface area contributed by atoms with Crippen LogP contribution >= 0.6 is 31.9 Å². The van der Waals surface area contributed by atoms with Crippen LogP contribution in [0.1, 0.15) is 17.0 Å². The third-order valence-corrected chi connectivity index (χ3v) is 5.01. The highest BCUT2D eigenvalue weighted by molar-refractivity contribution is 9.10. The Hall–Kier alpha value is -2.32. The molecule has 0 aliphatic heterocycles. The minimum absolute atomic E-state index is 0.405. The van der Waals surface area contributed by atoms with Gasteiger partial charge in [0.05, 0.1) is 0 Å². The fourth-order valence-corrected chi connectivity index (χ4v) is 3.40. The third-order valence-electron chi connectivity index (χ3n) is 3.96. The highest BCUT2D eigenvalue weighted by Crippen LogP contribution is 2.39. The number of hydrogen-bond acceptors (Lipinski definition) is 5. The molecule has 0 bridgehead atoms. The van der Waals surface area contributed by atoms with Gasteiger partial charge >= 0.3 is 0 Å². The van der Waals surface area contributed by atoms with Crippen molar-refractivity contribution in [2.24, 2.45) is 0 Å². The van der Waals surface area contributed by atoms with E-state index < -0.39 is 5.54 Å². The summed E-state index contributed by atoms with van der Waals surface area (Å²) in [5.74, 6) is 0.405. The summed E-state index contributed by atoms with van der Waals surface area (Å²) in [5, 5.41) is 12.5. The molecule has 6 nitrogen and oxygen atoms in total. The average molecular weight is 461 g/mol. The number of nitrogens with zero attached hydrogens (tertiary/aromatic N) is 5. The Labute approximate surface area is 160 Å². The molecule has 8 heteroatoms. The van der Waals surface area contributed by atoms with E-state index in [1.165, 1.54) is 12.7 Å². The Morgan fingerprint density at radius 3 is 1.92 bits per heavy atom. The van der Waals surface area contributed by atoms with E-state index in [0.29, 0.717) is 5.89 Å². The Kier molecular flexibility index (Phi) is 4.22. The lowest BCUT2D eigenvalue weighted by Gasteiger charge is -2.31. The van der Waals surface area contributed by atoms with Crippen LogP contribution in [0.25, 0.3) is 0 Å². The van der Waals surface area contributed by atoms with Crippen LogP contribution in [0.2, 0.25) is 0 Å². The van der Waals surface area contributed by atoms with Crippen molar-refractivity contribution in [3.63, 3.8) is 0 Å². The van der Waals surface area contributed by atoms with E-state index in [-0.39, 0.29) is 0 Å². The third kappa shape index (κ3) is 2.71. The maximum atomic E-state index is 5.66. The molecule has 0 aliphatic rings. The first-order chi connectivity index (χ1) is 12.2. The van der Waals surface area contributed by atoms with Gasteiger partial charge < -0.3 is 4.42 Å². The number of aromatic nitrogens is 5. The maximum absolute atomic E-state index is 5.66. The minimum Gasteiger partial charge on any atom is -0.425 e. The molecule has 2 aromatic heterocycles. The summed E-state index contributed by atoms with van der Waals surface area (Å²) in [7, 11) is 0. The van der Waals surface area contributed by atoms with Gasteiger partial charge in [-0.15, -0.1) is 10.2 Å². The lowest BCUT2D eigenvalue weighted by molar-refractivity contribution is 0.346. The lowest BCUT2D eigenvalue weighted by atomic mass is 9.82. The van der Waals surface area contributed by atoms with Crippen LogP contribution in [-0.2, 0) is 5.54 Å². The fourth-order valence-electron chi connectivity index (χ4n) is 2.87. The number of hydrogen-bond donors (Lipinski definition) is 0. The van der Waals surface area contributed by atoms with Crippen LogP contribution in [0.4, 0.5) is 0 Å². The van der Waals surface area contributed by atoms with Crippen LogP contribution in [0, 0.1) is 0 Å². The van der Waals surface area contributed by atoms with Crippen molar-refractivity contribution >= 4 is 31.9 Å². The van der Waals surface area contributed by atoms with Gasteiger partial charge in [0.2, 0.25) is 6.39 Å². The molecule has 0 spiro atoms. The van der Waals surface area contributed by atoms with Crippen LogP contribution in [0.3, 0.4) is 0 Å². The van der Waals surface area contributed by atoms with Crippen molar-refractivity contribution in [3.8, 4) is 0 Å². The van der Waals surface area contributed by atoms with E-state index in [0.717, 1.165) is 20.1 Å². The molecule has 4 rings (SSSR count). The van der Waals surface area contributed by atoms with Crippen LogP contribution in [-0.4, -0.2) is 25.0 Å². The number of benzene rings is 2. The van der Waals surface area contributed by atoms with Gasteiger partial charge in [-0.25, -0.2) is 9.67 Å². The molecular formula is C17H11Br2N5O. The SMILES string of the molecule is Brc1ccc(C(c2ccc(Br)cc2)(c2nnco2)n2cncn2)cc1. The van der Waals surface area contributed by atoms with Crippen molar-refractivity contribution in [3.05, 3.63) is 93.5 Å². The van der Waals surface area contributed by atoms with Crippen LogP contribution in [0.5, 0.6) is 0 Å². The van der Waals surface area contributed by atoms with E-state index in [2.05, 4.69) is 52.1 Å². The summed E-state index contributed by atoms with van der Waals surface area (Å²) >= 11 is 6.97. The summed E-state index contributed by atoms with van der Waals surface area (Å²) in [5.41, 5.74) is 0.926. The van der Waals surface area contributed by atoms with Crippen LogP contribution in [0.15, 0.2) is 80.9 Å². The summed E-state index contributed by atoms with van der Waals surface area (Å²) in [6, 6.07) is 15.9. The average Bonchev–Trinajstić information content (AvgIpc) is 3.33. The molecule has 0 amide bonds. The van der Waals surface area contributed by atoms with Gasteiger partial charge in [0.1, 0.15) is 12.7 Å². The van der Waals surface area contributed by atoms with Gasteiger partial charge in [-0.1, -0.05) is 56.1 Å². The molecule has 2 aromatic carbocycles. The molecule has 25 heavy (non-hydrogen) atoms. The zero-order valence-corrected chi connectivity index (χ0v) is 15.9. The van der Waals surface area contributed by atoms with Crippen molar-refractivity contribution in [2.45, 2.75) is 5.54 Å². The van der Waals surface area contributed by atoms with E-state index in [1.54, 1.807) is 11.0 Å². The molecule has 0 fully saturated rings. The van der Waals surface area contributed by atoms with Gasteiger partial charge in [0.15, 0.2) is 5.54 Å². The van der Waals surface area contributed by atoms with Gasteiger partial charge in [0, 0.05) is 8.95 Å². The zero-order valence-electron chi connectivity index (χ0n) is 12.8. The second-order valence-corrected chi connectivity index (χ2v) is 7.14. The van der Waals surface area contributed by atoms with Crippen molar-refractivity contribution < 1.29 is 4.42 Å². The Bertz CT molecular complexity index is 870. The van der Waals surface area contributed by atoms with Gasteiger partial charge in [-0.3, -0.25) is 0 Å². The minimum atomic E-state index is -0.922. The zero-order chi connectivity index (χ0) is 17.3. The predicted molar refractivity (Wildman–Crippen MR) is 97.9 cm³/mol. The normalized spacial score (nSPS) is 11.6. The molecule has 0 saturated heterocycles. The molecular weight excluding hydrogens is 450 g/mol. The topological polar surface area (TPSA) is 69.6 Å². The summed E-state index contributed by atoms with van der Waals surface area (Å²) in [4.78, 5) is 4.13. The van der Waals surface area contributed by atoms with Gasteiger partial charge in [-0.05, 0) is 35.4 Å². The quantitative estimate of drug-likeness (QED) is 0.460. The molecule has 2 heterocycles. The fraction of sp³-hybridized carbons (Fsp3) is 0.0588. The number of rotatable bonds is 4. The first-order valence-corrected chi connectivity index (χ1v) is 8.93. The second kappa shape index (κ2) is 6.53. The summed E-state index contributed by atoms with van der Waals surface area (Å²) in [6.07, 6.45) is 4.45. The number of halogens is 2. The Morgan fingerprint density at radius 2 is 1.48 bits per heavy atom. The predicted octanol–water partition coefficient (Wildman–Crippen LogP) is 4.03. The van der Waals surface area contributed by atoms with Gasteiger partial charge in [0.25, 0.3) is 5.89 Å². The van der Waals surface area contributed by atoms with Crippen molar-refractivity contribution in [2.75, 3.05) is 0 Å². The summed E-state index contributed by atoms with van der Waals surface area (Å²) in [6.45, 7) is 0. The summed E-state index contributed by atoms with van der Waals surface area (Å²) < 4.78 is 9.34. The molecule has 0 atom stereocenters. The van der Waals surface area contributed by atoms with Crippen LogP contribution < -0.4 is 0 Å². The smallest absolute Gasteiger partial charge is 0.252 e. The first-order valence-electron chi connectivity index (χ1n) is 7.35. The monoisotopic (exact) mass is 459 g/mol. The largest absolute Gasteiger partial charge is 0.425 e. The molecule has 0 aliphatic carbocycles. The molecule has 0 saturated carbocycles. The molecule has 0 radical (unpaired) electrons. The van der Waals surface area contributed by atoms with Crippen molar-refractivity contribution in [1.29, 1.82) is 0 Å². The van der Waals surface area contributed by atoms with E-state index in [4.69, 9.17) is 4.42 Å². The second-order valence-electron chi connectivity index (χ2n) is 5.31. The molecule has 124 valence electrons. The van der Waals surface area contributed by atoms with Gasteiger partial charge in [-0.2, -0.15) is 5.10 Å². The van der Waals surface area contributed by atoms with Crippen molar-refractivity contribution in [1.82, 2.24) is 25.0 Å². The standard InChI is InChI=1S/C17H11Br2N5O/c18-14-5-1-12(2-6-14)17(16-23-21-11-25-16,24-10-20-9-22-24)13-3-7-15(19)8-4-13/h1-11H.